The van der Waals surface area contributed by atoms with Crippen LogP contribution in [0.3, 0.4) is 0 Å². The monoisotopic (exact) mass is 584 g/mol. The summed E-state index contributed by atoms with van der Waals surface area (Å²) in [6.45, 7) is 10.4. The summed E-state index contributed by atoms with van der Waals surface area (Å²) in [5.41, 5.74) is 2.22. The van der Waals surface area contributed by atoms with Gasteiger partial charge in [-0.15, -0.1) is 0 Å². The first-order chi connectivity index (χ1) is 15.2. The third-order valence-corrected chi connectivity index (χ3v) is 6.13. The van der Waals surface area contributed by atoms with Gasteiger partial charge >= 0.3 is 11.9 Å². The molecule has 1 rings (SSSR count). The molecule has 1 heterocycles. The molecule has 32 heavy (non-hydrogen) atoms. The number of carbonyl (C=O) groups is 2. The van der Waals surface area contributed by atoms with Crippen LogP contribution in [0.1, 0.15) is 32.1 Å². The summed E-state index contributed by atoms with van der Waals surface area (Å²) in [5, 5.41) is 0. The lowest BCUT2D eigenvalue weighted by atomic mass is 9.95. The Bertz CT molecular complexity index is 823. The minimum atomic E-state index is -1.38. The minimum Gasteiger partial charge on any atom is -0.453 e. The Balaban J connectivity index is 2.94. The molecule has 0 aromatic rings. The van der Waals surface area contributed by atoms with E-state index in [4.69, 9.17) is 14.2 Å². The summed E-state index contributed by atoms with van der Waals surface area (Å²) >= 11 is 5.84. The van der Waals surface area contributed by atoms with Crippen LogP contribution in [0.25, 0.3) is 0 Å². The highest BCUT2D eigenvalue weighted by atomic mass is 79.9. The smallest absolute Gasteiger partial charge is 0.385 e. The standard InChI is InChI=1S/C24H30Br2O5Si/c1-5-6-7-9-19-16-22(31-24(28)12-14-26)18-21(29-19)17-20(30-23(27)11-13-25)10-8-15-32(2,3)4/h5-8,15,19-22H,1,9-10,16-18H2,2-4H3/b7-6-,15-8+/t19-,20-,21-,22+/m0/s1. The Labute approximate surface area is 209 Å². The van der Waals surface area contributed by atoms with E-state index in [0.717, 1.165) is 0 Å². The molecule has 0 spiro atoms. The van der Waals surface area contributed by atoms with E-state index in [-0.39, 0.29) is 18.3 Å². The van der Waals surface area contributed by atoms with Crippen molar-refractivity contribution in [1.29, 1.82) is 0 Å². The van der Waals surface area contributed by atoms with E-state index in [1.54, 1.807) is 6.08 Å². The van der Waals surface area contributed by atoms with Crippen LogP contribution in [0, 0.1) is 21.5 Å². The zero-order chi connectivity index (χ0) is 24.0. The van der Waals surface area contributed by atoms with Crippen molar-refractivity contribution >= 4 is 51.9 Å². The summed E-state index contributed by atoms with van der Waals surface area (Å²) in [6, 6.07) is 0. The highest BCUT2D eigenvalue weighted by Crippen LogP contribution is 2.28. The van der Waals surface area contributed by atoms with Crippen molar-refractivity contribution in [2.75, 3.05) is 0 Å². The largest absolute Gasteiger partial charge is 0.453 e. The molecule has 174 valence electrons. The quantitative estimate of drug-likeness (QED) is 0.148. The molecule has 0 radical (unpaired) electrons. The van der Waals surface area contributed by atoms with E-state index in [9.17, 15) is 9.59 Å². The van der Waals surface area contributed by atoms with Crippen molar-refractivity contribution in [1.82, 2.24) is 0 Å². The first-order valence-corrected chi connectivity index (χ1v) is 15.6. The Hall–Kier alpha value is -1.58. The molecular weight excluding hydrogens is 556 g/mol. The van der Waals surface area contributed by atoms with E-state index in [1.165, 1.54) is 0 Å². The zero-order valence-corrected chi connectivity index (χ0v) is 22.9. The lowest BCUT2D eigenvalue weighted by Gasteiger charge is -2.35. The molecule has 0 N–H and O–H groups in total. The number of allylic oxidation sites excluding steroid dienone is 2. The van der Waals surface area contributed by atoms with Crippen molar-refractivity contribution in [3.8, 4) is 21.5 Å². The molecule has 1 saturated heterocycles. The topological polar surface area (TPSA) is 61.8 Å². The minimum absolute atomic E-state index is 0.129. The maximum Gasteiger partial charge on any atom is 0.385 e. The summed E-state index contributed by atoms with van der Waals surface area (Å²) in [4.78, 5) is 28.6. The van der Waals surface area contributed by atoms with Crippen LogP contribution >= 0.6 is 31.9 Å². The Morgan fingerprint density at radius 1 is 1.12 bits per heavy atom. The van der Waals surface area contributed by atoms with E-state index < -0.39 is 26.1 Å². The van der Waals surface area contributed by atoms with E-state index in [0.29, 0.717) is 32.1 Å². The van der Waals surface area contributed by atoms with Crippen LogP contribution < -0.4 is 0 Å². The molecule has 4 atom stereocenters. The van der Waals surface area contributed by atoms with Crippen LogP contribution in [0.4, 0.5) is 0 Å². The second kappa shape index (κ2) is 15.3. The molecule has 0 unspecified atom stereocenters. The molecule has 0 amide bonds. The third kappa shape index (κ3) is 13.1. The molecule has 8 heteroatoms. The summed E-state index contributed by atoms with van der Waals surface area (Å²) in [5.74, 6) is 3.52. The number of halogens is 2. The lowest BCUT2D eigenvalue weighted by molar-refractivity contribution is -0.159. The van der Waals surface area contributed by atoms with Gasteiger partial charge in [0.15, 0.2) is 0 Å². The predicted molar refractivity (Wildman–Crippen MR) is 137 cm³/mol. The second-order valence-corrected chi connectivity index (χ2v) is 14.3. The molecule has 5 nitrogen and oxygen atoms in total. The highest BCUT2D eigenvalue weighted by Gasteiger charge is 2.33. The van der Waals surface area contributed by atoms with Crippen LogP contribution in [0.15, 0.2) is 36.6 Å². The maximum atomic E-state index is 12.0. The first kappa shape index (κ1) is 28.4. The number of rotatable bonds is 10. The van der Waals surface area contributed by atoms with Crippen LogP contribution in [-0.4, -0.2) is 44.4 Å². The van der Waals surface area contributed by atoms with Crippen molar-refractivity contribution in [3.63, 3.8) is 0 Å². The maximum absolute atomic E-state index is 12.0. The van der Waals surface area contributed by atoms with Gasteiger partial charge in [-0.3, -0.25) is 0 Å². The third-order valence-electron chi connectivity index (χ3n) is 4.50. The van der Waals surface area contributed by atoms with Gasteiger partial charge in [0.25, 0.3) is 0 Å². The molecule has 0 aromatic heterocycles. The van der Waals surface area contributed by atoms with Crippen molar-refractivity contribution in [2.24, 2.45) is 0 Å². The molecule has 0 bridgehead atoms. The molecule has 1 fully saturated rings. The Kier molecular flexibility index (Phi) is 13.6. The fourth-order valence-corrected chi connectivity index (χ4v) is 4.46. The van der Waals surface area contributed by atoms with Gasteiger partial charge in [0.1, 0.15) is 12.2 Å². The molecule has 0 aromatic carbocycles. The normalized spacial score (nSPS) is 21.7. The Morgan fingerprint density at radius 2 is 1.78 bits per heavy atom. The number of hydrogen-bond donors (Lipinski definition) is 0. The average molecular weight is 586 g/mol. The number of hydrogen-bond acceptors (Lipinski definition) is 5. The van der Waals surface area contributed by atoms with Crippen LogP contribution in [0.5, 0.6) is 0 Å². The average Bonchev–Trinajstić information content (AvgIpc) is 2.67. The lowest BCUT2D eigenvalue weighted by Crippen LogP contribution is -2.39. The van der Waals surface area contributed by atoms with Crippen molar-refractivity contribution in [3.05, 3.63) is 36.6 Å². The van der Waals surface area contributed by atoms with Gasteiger partial charge in [-0.25, -0.2) is 9.59 Å². The molecule has 1 aliphatic heterocycles. The van der Waals surface area contributed by atoms with Crippen molar-refractivity contribution < 1.29 is 23.8 Å². The fraction of sp³-hybridized carbons (Fsp3) is 0.500. The second-order valence-electron chi connectivity index (χ2n) is 8.48. The molecule has 1 aliphatic rings. The Morgan fingerprint density at radius 3 is 2.41 bits per heavy atom. The van der Waals surface area contributed by atoms with Gasteiger partial charge in [0.05, 0.1) is 20.3 Å². The number of ether oxygens (including phenoxy) is 3. The first-order valence-electron chi connectivity index (χ1n) is 10.4. The van der Waals surface area contributed by atoms with Gasteiger partial charge < -0.3 is 14.2 Å². The van der Waals surface area contributed by atoms with Crippen LogP contribution in [-0.2, 0) is 23.8 Å². The molecule has 0 aliphatic carbocycles. The molecule has 0 saturated carbocycles. The van der Waals surface area contributed by atoms with Gasteiger partial charge in [0.2, 0.25) is 0 Å². The summed E-state index contributed by atoms with van der Waals surface area (Å²) in [6.07, 6.45) is 9.30. The SMILES string of the molecule is C=C/C=C\C[C@H]1C[C@@H](OC(=O)C#CBr)C[C@H](C[C@H](C/C=C/[Si](C)(C)C)OC(=O)C#CBr)O1. The van der Waals surface area contributed by atoms with Gasteiger partial charge in [0, 0.05) is 69.4 Å². The molecular formula is C24H30Br2O5Si. The summed E-state index contributed by atoms with van der Waals surface area (Å²) in [7, 11) is -1.38. The summed E-state index contributed by atoms with van der Waals surface area (Å²) < 4.78 is 17.3. The van der Waals surface area contributed by atoms with Gasteiger partial charge in [-0.1, -0.05) is 56.2 Å². The number of carbonyl (C=O) groups excluding carboxylic acids is 2. The van der Waals surface area contributed by atoms with E-state index >= 15 is 0 Å². The zero-order valence-electron chi connectivity index (χ0n) is 18.7. The van der Waals surface area contributed by atoms with Crippen molar-refractivity contribution in [2.45, 2.75) is 76.2 Å². The van der Waals surface area contributed by atoms with E-state index in [1.807, 2.05) is 12.2 Å². The van der Waals surface area contributed by atoms with E-state index in [2.05, 4.69) is 91.4 Å². The highest BCUT2D eigenvalue weighted by molar-refractivity contribution is 9.12. The van der Waals surface area contributed by atoms with Gasteiger partial charge in [-0.05, 0) is 16.1 Å². The van der Waals surface area contributed by atoms with Gasteiger partial charge in [-0.2, -0.15) is 0 Å². The van der Waals surface area contributed by atoms with Crippen LogP contribution in [0.2, 0.25) is 19.6 Å². The fourth-order valence-electron chi connectivity index (χ4n) is 3.29. The predicted octanol–water partition coefficient (Wildman–Crippen LogP) is 5.42. The number of esters is 2.